The van der Waals surface area contributed by atoms with Gasteiger partial charge in [0.05, 0.1) is 5.75 Å². The van der Waals surface area contributed by atoms with E-state index < -0.39 is 9.05 Å². The Balaban J connectivity index is 2.91. The molecule has 0 fully saturated rings. The molecule has 1 rings (SSSR count). The van der Waals surface area contributed by atoms with Crippen molar-refractivity contribution >= 4 is 25.3 Å². The topological polar surface area (TPSA) is 34.1 Å². The zero-order valence-corrected chi connectivity index (χ0v) is 9.40. The predicted octanol–water partition coefficient (Wildman–Crippen LogP) is 2.58. The summed E-state index contributed by atoms with van der Waals surface area (Å²) in [7, 11) is 1.62. The number of benzene rings is 1. The molecule has 0 aliphatic rings. The molecule has 0 radical (unpaired) electrons. The lowest BCUT2D eigenvalue weighted by Crippen LogP contribution is -1.99. The van der Waals surface area contributed by atoms with E-state index >= 15 is 0 Å². The Hall–Kier alpha value is -0.800. The summed E-state index contributed by atoms with van der Waals surface area (Å²) in [5.41, 5.74) is 2.40. The van der Waals surface area contributed by atoms with Crippen LogP contribution in [0.5, 0.6) is 0 Å². The summed E-state index contributed by atoms with van der Waals surface area (Å²) < 4.78 is 21.6. The SMILES string of the molecule is C=C(CS(=O)(=O)Cl)c1cccc(C)c1. The number of halogens is 1. The van der Waals surface area contributed by atoms with Gasteiger partial charge in [0.1, 0.15) is 0 Å². The van der Waals surface area contributed by atoms with E-state index in [9.17, 15) is 8.42 Å². The van der Waals surface area contributed by atoms with E-state index in [1.165, 1.54) is 0 Å². The van der Waals surface area contributed by atoms with Gasteiger partial charge in [-0.05, 0) is 18.1 Å². The van der Waals surface area contributed by atoms with E-state index in [0.717, 1.165) is 11.1 Å². The zero-order valence-electron chi connectivity index (χ0n) is 7.83. The van der Waals surface area contributed by atoms with Crippen LogP contribution in [0, 0.1) is 6.92 Å². The van der Waals surface area contributed by atoms with Crippen LogP contribution in [-0.2, 0) is 9.05 Å². The fourth-order valence-corrected chi connectivity index (χ4v) is 2.13. The van der Waals surface area contributed by atoms with Crippen LogP contribution in [-0.4, -0.2) is 14.2 Å². The van der Waals surface area contributed by atoms with Gasteiger partial charge in [0.2, 0.25) is 9.05 Å². The highest BCUT2D eigenvalue weighted by molar-refractivity contribution is 8.14. The van der Waals surface area contributed by atoms with E-state index in [-0.39, 0.29) is 5.75 Å². The van der Waals surface area contributed by atoms with Crippen molar-refractivity contribution in [3.63, 3.8) is 0 Å². The summed E-state index contributed by atoms with van der Waals surface area (Å²) in [5.74, 6) is -0.210. The smallest absolute Gasteiger partial charge is 0.212 e. The molecule has 0 unspecified atom stereocenters. The molecule has 0 bridgehead atoms. The van der Waals surface area contributed by atoms with Crippen molar-refractivity contribution in [2.45, 2.75) is 6.92 Å². The second kappa shape index (κ2) is 4.15. The lowest BCUT2D eigenvalue weighted by atomic mass is 10.1. The van der Waals surface area contributed by atoms with Crippen molar-refractivity contribution in [1.29, 1.82) is 0 Å². The largest absolute Gasteiger partial charge is 0.236 e. The minimum absolute atomic E-state index is 0.210. The Kier molecular flexibility index (Phi) is 3.34. The molecule has 0 atom stereocenters. The molecule has 0 spiro atoms. The second-order valence-corrected chi connectivity index (χ2v) is 5.93. The quantitative estimate of drug-likeness (QED) is 0.748. The monoisotopic (exact) mass is 230 g/mol. The third-order valence-corrected chi connectivity index (χ3v) is 2.79. The fourth-order valence-electron chi connectivity index (χ4n) is 1.16. The molecule has 76 valence electrons. The Morgan fingerprint density at radius 2 is 2.14 bits per heavy atom. The van der Waals surface area contributed by atoms with Crippen molar-refractivity contribution in [2.75, 3.05) is 5.75 Å². The van der Waals surface area contributed by atoms with Gasteiger partial charge in [-0.1, -0.05) is 36.4 Å². The molecule has 0 saturated heterocycles. The fraction of sp³-hybridized carbons (Fsp3) is 0.200. The third-order valence-electron chi connectivity index (χ3n) is 1.77. The van der Waals surface area contributed by atoms with Gasteiger partial charge in [-0.15, -0.1) is 0 Å². The van der Waals surface area contributed by atoms with Gasteiger partial charge >= 0.3 is 0 Å². The van der Waals surface area contributed by atoms with Crippen LogP contribution < -0.4 is 0 Å². The van der Waals surface area contributed by atoms with E-state index in [4.69, 9.17) is 10.7 Å². The minimum atomic E-state index is -3.51. The van der Waals surface area contributed by atoms with Crippen molar-refractivity contribution in [3.8, 4) is 0 Å². The van der Waals surface area contributed by atoms with Gasteiger partial charge in [0, 0.05) is 10.7 Å². The van der Waals surface area contributed by atoms with E-state index in [1.54, 1.807) is 0 Å². The normalized spacial score (nSPS) is 11.3. The van der Waals surface area contributed by atoms with Gasteiger partial charge in [-0.2, -0.15) is 0 Å². The van der Waals surface area contributed by atoms with Gasteiger partial charge in [0.25, 0.3) is 0 Å². The highest BCUT2D eigenvalue weighted by Crippen LogP contribution is 2.17. The van der Waals surface area contributed by atoms with E-state index in [1.807, 2.05) is 31.2 Å². The summed E-state index contributed by atoms with van der Waals surface area (Å²) in [6.45, 7) is 5.62. The molecule has 0 saturated carbocycles. The Labute approximate surface area is 88.6 Å². The standard InChI is InChI=1S/C10H11ClO2S/c1-8-4-3-5-10(6-8)9(2)7-14(11,12)13/h3-6H,2,7H2,1H3. The lowest BCUT2D eigenvalue weighted by molar-refractivity contribution is 0.612. The summed E-state index contributed by atoms with van der Waals surface area (Å²) in [4.78, 5) is 0. The molecule has 1 aromatic carbocycles. The van der Waals surface area contributed by atoms with Crippen LogP contribution in [0.4, 0.5) is 0 Å². The van der Waals surface area contributed by atoms with Gasteiger partial charge < -0.3 is 0 Å². The molecule has 2 nitrogen and oxygen atoms in total. The van der Waals surface area contributed by atoms with Crippen LogP contribution in [0.25, 0.3) is 5.57 Å². The molecular weight excluding hydrogens is 220 g/mol. The number of aryl methyl sites for hydroxylation is 1. The first kappa shape index (κ1) is 11.3. The maximum atomic E-state index is 10.8. The number of rotatable bonds is 3. The van der Waals surface area contributed by atoms with Crippen LogP contribution >= 0.6 is 10.7 Å². The molecule has 1 aromatic rings. The molecule has 0 N–H and O–H groups in total. The molecule has 0 aliphatic heterocycles. The van der Waals surface area contributed by atoms with Crippen LogP contribution in [0.1, 0.15) is 11.1 Å². The lowest BCUT2D eigenvalue weighted by Gasteiger charge is -2.04. The summed E-state index contributed by atoms with van der Waals surface area (Å²) in [6, 6.07) is 7.49. The molecule has 14 heavy (non-hydrogen) atoms. The molecule has 0 aromatic heterocycles. The molecule has 0 heterocycles. The molecule has 4 heteroatoms. The predicted molar refractivity (Wildman–Crippen MR) is 59.9 cm³/mol. The first-order valence-electron chi connectivity index (χ1n) is 4.05. The van der Waals surface area contributed by atoms with Crippen molar-refractivity contribution in [1.82, 2.24) is 0 Å². The highest BCUT2D eigenvalue weighted by Gasteiger charge is 2.09. The maximum absolute atomic E-state index is 10.8. The first-order chi connectivity index (χ1) is 6.38. The molecule has 0 amide bonds. The van der Waals surface area contributed by atoms with Crippen molar-refractivity contribution in [2.24, 2.45) is 0 Å². The Morgan fingerprint density at radius 1 is 1.50 bits per heavy atom. The van der Waals surface area contributed by atoms with E-state index in [2.05, 4.69) is 6.58 Å². The molecular formula is C10H11ClO2S. The van der Waals surface area contributed by atoms with Crippen LogP contribution in [0.2, 0.25) is 0 Å². The van der Waals surface area contributed by atoms with Crippen molar-refractivity contribution in [3.05, 3.63) is 42.0 Å². The van der Waals surface area contributed by atoms with E-state index in [0.29, 0.717) is 5.57 Å². The third kappa shape index (κ3) is 3.52. The Morgan fingerprint density at radius 3 is 2.64 bits per heavy atom. The average Bonchev–Trinajstić information content (AvgIpc) is 2.01. The second-order valence-electron chi connectivity index (χ2n) is 3.16. The molecule has 0 aliphatic carbocycles. The van der Waals surface area contributed by atoms with Crippen molar-refractivity contribution < 1.29 is 8.42 Å². The minimum Gasteiger partial charge on any atom is -0.212 e. The average molecular weight is 231 g/mol. The van der Waals surface area contributed by atoms with Gasteiger partial charge in [-0.25, -0.2) is 8.42 Å². The number of hydrogen-bond donors (Lipinski definition) is 0. The first-order valence-corrected chi connectivity index (χ1v) is 6.53. The summed E-state index contributed by atoms with van der Waals surface area (Å²) >= 11 is 0. The highest BCUT2D eigenvalue weighted by atomic mass is 35.7. The Bertz CT molecular complexity index is 449. The van der Waals surface area contributed by atoms with Crippen LogP contribution in [0.15, 0.2) is 30.8 Å². The van der Waals surface area contributed by atoms with Crippen LogP contribution in [0.3, 0.4) is 0 Å². The summed E-state index contributed by atoms with van der Waals surface area (Å²) in [5, 5.41) is 0. The van der Waals surface area contributed by atoms with Gasteiger partial charge in [0.15, 0.2) is 0 Å². The summed E-state index contributed by atoms with van der Waals surface area (Å²) in [6.07, 6.45) is 0. The van der Waals surface area contributed by atoms with Gasteiger partial charge in [-0.3, -0.25) is 0 Å². The maximum Gasteiger partial charge on any atom is 0.236 e. The number of hydrogen-bond acceptors (Lipinski definition) is 2. The zero-order chi connectivity index (χ0) is 10.8.